The van der Waals surface area contributed by atoms with Gasteiger partial charge < -0.3 is 14.8 Å². The molecule has 0 spiro atoms. The van der Waals surface area contributed by atoms with Crippen LogP contribution in [0.3, 0.4) is 0 Å². The lowest BCUT2D eigenvalue weighted by Gasteiger charge is -2.14. The molecule has 6 heteroatoms. The molecule has 114 valence electrons. The monoisotopic (exact) mass is 300 g/mol. The Kier molecular flexibility index (Phi) is 3.66. The molecule has 3 rings (SSSR count). The first-order valence-corrected chi connectivity index (χ1v) is 7.12. The molecule has 1 aliphatic carbocycles. The van der Waals surface area contributed by atoms with Crippen LogP contribution in [-0.4, -0.2) is 22.0 Å². The molecule has 1 aromatic carbocycles. The van der Waals surface area contributed by atoms with E-state index in [4.69, 9.17) is 4.42 Å². The lowest BCUT2D eigenvalue weighted by Crippen LogP contribution is -2.33. The van der Waals surface area contributed by atoms with E-state index in [9.17, 15) is 14.7 Å². The summed E-state index contributed by atoms with van der Waals surface area (Å²) in [5.41, 5.74) is 0.986. The van der Waals surface area contributed by atoms with Crippen molar-refractivity contribution in [2.24, 2.45) is 0 Å². The van der Waals surface area contributed by atoms with E-state index >= 15 is 0 Å². The van der Waals surface area contributed by atoms with Crippen molar-refractivity contribution in [1.29, 1.82) is 0 Å². The minimum absolute atomic E-state index is 0.0871. The largest absolute Gasteiger partial charge is 0.479 e. The van der Waals surface area contributed by atoms with Crippen LogP contribution in [0.15, 0.2) is 34.7 Å². The van der Waals surface area contributed by atoms with Gasteiger partial charge in [-0.3, -0.25) is 4.79 Å². The molecule has 0 bridgehead atoms. The number of aliphatic carboxylic acids is 1. The highest BCUT2D eigenvalue weighted by atomic mass is 16.4. The second kappa shape index (κ2) is 5.63. The zero-order chi connectivity index (χ0) is 15.7. The van der Waals surface area contributed by atoms with Crippen molar-refractivity contribution in [2.75, 3.05) is 0 Å². The summed E-state index contributed by atoms with van der Waals surface area (Å²) in [6.07, 6.45) is 2.03. The van der Waals surface area contributed by atoms with E-state index in [1.54, 1.807) is 37.3 Å². The number of benzene rings is 1. The van der Waals surface area contributed by atoms with Crippen molar-refractivity contribution in [1.82, 2.24) is 10.3 Å². The number of aromatic nitrogens is 1. The van der Waals surface area contributed by atoms with E-state index in [2.05, 4.69) is 10.3 Å². The summed E-state index contributed by atoms with van der Waals surface area (Å²) in [7, 11) is 0. The highest BCUT2D eigenvalue weighted by Crippen LogP contribution is 2.40. The van der Waals surface area contributed by atoms with Crippen molar-refractivity contribution in [3.63, 3.8) is 0 Å². The number of nitrogens with one attached hydrogen (secondary N) is 1. The van der Waals surface area contributed by atoms with Crippen LogP contribution in [0.5, 0.6) is 0 Å². The fraction of sp³-hybridized carbons (Fsp3) is 0.312. The van der Waals surface area contributed by atoms with Gasteiger partial charge in [0, 0.05) is 5.92 Å². The van der Waals surface area contributed by atoms with Gasteiger partial charge in [0.1, 0.15) is 0 Å². The maximum absolute atomic E-state index is 12.3. The molecule has 1 aliphatic rings. The highest BCUT2D eigenvalue weighted by molar-refractivity contribution is 5.95. The van der Waals surface area contributed by atoms with Crippen molar-refractivity contribution in [3.05, 3.63) is 53.2 Å². The Labute approximate surface area is 127 Å². The van der Waals surface area contributed by atoms with Crippen LogP contribution in [0.1, 0.15) is 52.5 Å². The van der Waals surface area contributed by atoms with E-state index < -0.39 is 17.9 Å². The molecule has 1 saturated carbocycles. The summed E-state index contributed by atoms with van der Waals surface area (Å²) in [6.45, 7) is 1.68. The van der Waals surface area contributed by atoms with Gasteiger partial charge in [-0.05, 0) is 25.3 Å². The van der Waals surface area contributed by atoms with E-state index in [1.165, 1.54) is 0 Å². The second-order valence-corrected chi connectivity index (χ2v) is 5.40. The lowest BCUT2D eigenvalue weighted by molar-refractivity contribution is -0.139. The van der Waals surface area contributed by atoms with Crippen molar-refractivity contribution < 1.29 is 19.1 Å². The Balaban J connectivity index is 1.81. The Hall–Kier alpha value is -2.63. The standard InChI is InChI=1S/C16H16N2O4/c1-9-13(22-15(17-9)11-7-8-11)14(19)18-12(16(20)21)10-5-3-2-4-6-10/h2-6,11-12H,7-8H2,1H3,(H,18,19)(H,20,21)/t12-/m1/s1. The van der Waals surface area contributed by atoms with Crippen LogP contribution in [0, 0.1) is 6.92 Å². The number of carboxylic acids is 1. The van der Waals surface area contributed by atoms with Gasteiger partial charge in [-0.25, -0.2) is 9.78 Å². The summed E-state index contributed by atoms with van der Waals surface area (Å²) < 4.78 is 5.50. The number of carbonyl (C=O) groups excluding carboxylic acids is 1. The first-order valence-electron chi connectivity index (χ1n) is 7.12. The zero-order valence-electron chi connectivity index (χ0n) is 12.1. The molecule has 22 heavy (non-hydrogen) atoms. The number of carboxylic acid groups (broad SMARTS) is 1. The molecule has 0 unspecified atom stereocenters. The number of amides is 1. The van der Waals surface area contributed by atoms with Crippen LogP contribution < -0.4 is 5.32 Å². The first kappa shape index (κ1) is 14.3. The zero-order valence-corrected chi connectivity index (χ0v) is 12.1. The van der Waals surface area contributed by atoms with Crippen LogP contribution in [0.4, 0.5) is 0 Å². The molecule has 2 aromatic rings. The Morgan fingerprint density at radius 3 is 2.59 bits per heavy atom. The van der Waals surface area contributed by atoms with Crippen molar-refractivity contribution in [3.8, 4) is 0 Å². The fourth-order valence-electron chi connectivity index (χ4n) is 2.26. The molecule has 0 aliphatic heterocycles. The molecule has 1 amide bonds. The Bertz CT molecular complexity index is 704. The number of carbonyl (C=O) groups is 2. The molecular weight excluding hydrogens is 284 g/mol. The molecule has 1 heterocycles. The Morgan fingerprint density at radius 2 is 2.00 bits per heavy atom. The van der Waals surface area contributed by atoms with Crippen LogP contribution in [-0.2, 0) is 4.79 Å². The summed E-state index contributed by atoms with van der Waals surface area (Å²) >= 11 is 0. The SMILES string of the molecule is Cc1nc(C2CC2)oc1C(=O)N[C@@H](C(=O)O)c1ccccc1. The van der Waals surface area contributed by atoms with Gasteiger partial charge in [0.05, 0.1) is 5.69 Å². The molecular formula is C16H16N2O4. The lowest BCUT2D eigenvalue weighted by atomic mass is 10.1. The first-order chi connectivity index (χ1) is 10.6. The van der Waals surface area contributed by atoms with Crippen LogP contribution in [0.2, 0.25) is 0 Å². The normalized spacial score (nSPS) is 15.3. The summed E-state index contributed by atoms with van der Waals surface area (Å²) in [4.78, 5) is 28.0. The number of aryl methyl sites for hydroxylation is 1. The van der Waals surface area contributed by atoms with Gasteiger partial charge in [0.2, 0.25) is 5.76 Å². The Morgan fingerprint density at radius 1 is 1.32 bits per heavy atom. The molecule has 1 atom stereocenters. The van der Waals surface area contributed by atoms with Crippen LogP contribution in [0.25, 0.3) is 0 Å². The number of oxazole rings is 1. The number of nitrogens with zero attached hydrogens (tertiary/aromatic N) is 1. The quantitative estimate of drug-likeness (QED) is 0.884. The summed E-state index contributed by atoms with van der Waals surface area (Å²) in [6, 6.07) is 7.42. The molecule has 6 nitrogen and oxygen atoms in total. The van der Waals surface area contributed by atoms with Crippen molar-refractivity contribution >= 4 is 11.9 Å². The fourth-order valence-corrected chi connectivity index (χ4v) is 2.26. The summed E-state index contributed by atoms with van der Waals surface area (Å²) in [5, 5.41) is 11.8. The average Bonchev–Trinajstić information content (AvgIpc) is 3.28. The third-order valence-corrected chi connectivity index (χ3v) is 3.60. The number of hydrogen-bond donors (Lipinski definition) is 2. The van der Waals surface area contributed by atoms with Gasteiger partial charge in [-0.1, -0.05) is 30.3 Å². The van der Waals surface area contributed by atoms with Gasteiger partial charge >= 0.3 is 5.97 Å². The smallest absolute Gasteiger partial charge is 0.330 e. The highest BCUT2D eigenvalue weighted by Gasteiger charge is 2.32. The maximum Gasteiger partial charge on any atom is 0.330 e. The number of hydrogen-bond acceptors (Lipinski definition) is 4. The third kappa shape index (κ3) is 2.86. The van der Waals surface area contributed by atoms with Crippen LogP contribution >= 0.6 is 0 Å². The van der Waals surface area contributed by atoms with Gasteiger partial charge in [0.25, 0.3) is 5.91 Å². The topological polar surface area (TPSA) is 92.4 Å². The maximum atomic E-state index is 12.3. The van der Waals surface area contributed by atoms with E-state index in [0.29, 0.717) is 23.1 Å². The van der Waals surface area contributed by atoms with Gasteiger partial charge in [-0.15, -0.1) is 0 Å². The van der Waals surface area contributed by atoms with E-state index in [0.717, 1.165) is 12.8 Å². The predicted octanol–water partition coefficient (Wildman–Crippen LogP) is 2.42. The number of rotatable bonds is 5. The van der Waals surface area contributed by atoms with Gasteiger partial charge in [0.15, 0.2) is 11.9 Å². The molecule has 0 radical (unpaired) electrons. The van der Waals surface area contributed by atoms with E-state index in [1.807, 2.05) is 0 Å². The molecule has 1 fully saturated rings. The van der Waals surface area contributed by atoms with Crippen molar-refractivity contribution in [2.45, 2.75) is 31.7 Å². The van der Waals surface area contributed by atoms with Gasteiger partial charge in [-0.2, -0.15) is 0 Å². The third-order valence-electron chi connectivity index (χ3n) is 3.60. The van der Waals surface area contributed by atoms with E-state index in [-0.39, 0.29) is 5.76 Å². The summed E-state index contributed by atoms with van der Waals surface area (Å²) in [5.74, 6) is -0.741. The average molecular weight is 300 g/mol. The minimum Gasteiger partial charge on any atom is -0.479 e. The molecule has 2 N–H and O–H groups in total. The minimum atomic E-state index is -1.13. The second-order valence-electron chi connectivity index (χ2n) is 5.40. The molecule has 1 aromatic heterocycles. The predicted molar refractivity (Wildman–Crippen MR) is 77.5 cm³/mol. The molecule has 0 saturated heterocycles.